The maximum absolute atomic E-state index is 12.5. The maximum atomic E-state index is 12.5. The second-order valence-corrected chi connectivity index (χ2v) is 6.83. The standard InChI is InChI=1S/C19H15Cl2N3O4/c20-13-6-7-16(14(21)10-13)23-8-9-24(18(27)17(23)26)19(28)22-15(11-25)12-4-2-1-3-5-12/h1-7,10-11,15H,8-9H2,(H,22,28). The number of carbonyl (C=O) groups is 4. The van der Waals surface area contributed by atoms with Crippen molar-refractivity contribution in [3.63, 3.8) is 0 Å². The third-order valence-corrected chi connectivity index (χ3v) is 4.78. The predicted octanol–water partition coefficient (Wildman–Crippen LogP) is 2.82. The Morgan fingerprint density at radius 3 is 2.39 bits per heavy atom. The third-order valence-electron chi connectivity index (χ3n) is 4.24. The zero-order chi connectivity index (χ0) is 20.3. The molecule has 0 aromatic heterocycles. The molecule has 9 heteroatoms. The topological polar surface area (TPSA) is 86.8 Å². The summed E-state index contributed by atoms with van der Waals surface area (Å²) in [6.45, 7) is 0.0200. The summed E-state index contributed by atoms with van der Waals surface area (Å²) in [6, 6.07) is 11.4. The average molecular weight is 420 g/mol. The summed E-state index contributed by atoms with van der Waals surface area (Å²) in [5.41, 5.74) is 0.899. The number of piperazine rings is 1. The van der Waals surface area contributed by atoms with Crippen LogP contribution in [0.5, 0.6) is 0 Å². The van der Waals surface area contributed by atoms with Gasteiger partial charge in [0.25, 0.3) is 0 Å². The number of urea groups is 1. The highest BCUT2D eigenvalue weighted by atomic mass is 35.5. The van der Waals surface area contributed by atoms with Gasteiger partial charge < -0.3 is 15.0 Å². The fourth-order valence-corrected chi connectivity index (χ4v) is 3.34. The smallest absolute Gasteiger partial charge is 0.324 e. The van der Waals surface area contributed by atoms with Crippen molar-refractivity contribution in [3.05, 3.63) is 64.1 Å². The largest absolute Gasteiger partial charge is 0.325 e. The molecule has 2 aromatic carbocycles. The molecule has 3 rings (SSSR count). The summed E-state index contributed by atoms with van der Waals surface area (Å²) < 4.78 is 0. The van der Waals surface area contributed by atoms with Gasteiger partial charge in [0.15, 0.2) is 0 Å². The first-order valence-electron chi connectivity index (χ1n) is 8.31. The number of anilines is 1. The van der Waals surface area contributed by atoms with E-state index in [0.29, 0.717) is 22.6 Å². The number of nitrogens with one attached hydrogen (secondary N) is 1. The van der Waals surface area contributed by atoms with Crippen molar-refractivity contribution in [1.29, 1.82) is 0 Å². The van der Waals surface area contributed by atoms with Gasteiger partial charge in [-0.1, -0.05) is 53.5 Å². The van der Waals surface area contributed by atoms with E-state index in [2.05, 4.69) is 5.32 Å². The van der Waals surface area contributed by atoms with Crippen LogP contribution in [0, 0.1) is 0 Å². The van der Waals surface area contributed by atoms with Gasteiger partial charge >= 0.3 is 17.8 Å². The van der Waals surface area contributed by atoms with E-state index in [1.165, 1.54) is 17.0 Å². The van der Waals surface area contributed by atoms with E-state index in [1.54, 1.807) is 36.4 Å². The van der Waals surface area contributed by atoms with E-state index in [0.717, 1.165) is 4.90 Å². The Labute approximate surface area is 170 Å². The molecule has 1 aliphatic rings. The molecule has 1 aliphatic heterocycles. The normalized spacial score (nSPS) is 15.4. The van der Waals surface area contributed by atoms with Gasteiger partial charge in [0, 0.05) is 18.1 Å². The van der Waals surface area contributed by atoms with E-state index in [1.807, 2.05) is 0 Å². The van der Waals surface area contributed by atoms with Gasteiger partial charge in [0.05, 0.1) is 10.7 Å². The molecule has 4 amide bonds. The lowest BCUT2D eigenvalue weighted by Gasteiger charge is -2.33. The number of nitrogens with zero attached hydrogens (tertiary/aromatic N) is 2. The van der Waals surface area contributed by atoms with Crippen molar-refractivity contribution in [1.82, 2.24) is 10.2 Å². The van der Waals surface area contributed by atoms with Crippen LogP contribution in [0.15, 0.2) is 48.5 Å². The van der Waals surface area contributed by atoms with Gasteiger partial charge in [-0.3, -0.25) is 14.5 Å². The monoisotopic (exact) mass is 419 g/mol. The van der Waals surface area contributed by atoms with Crippen LogP contribution in [0.25, 0.3) is 0 Å². The van der Waals surface area contributed by atoms with Crippen LogP contribution < -0.4 is 10.2 Å². The number of rotatable bonds is 4. The molecule has 0 spiro atoms. The van der Waals surface area contributed by atoms with Crippen molar-refractivity contribution in [3.8, 4) is 0 Å². The van der Waals surface area contributed by atoms with Crippen molar-refractivity contribution in [2.24, 2.45) is 0 Å². The van der Waals surface area contributed by atoms with Gasteiger partial charge in [-0.25, -0.2) is 4.79 Å². The van der Waals surface area contributed by atoms with Crippen LogP contribution in [0.4, 0.5) is 10.5 Å². The lowest BCUT2D eigenvalue weighted by atomic mass is 10.1. The van der Waals surface area contributed by atoms with Crippen LogP contribution in [-0.4, -0.2) is 42.1 Å². The average Bonchev–Trinajstić information content (AvgIpc) is 2.69. The van der Waals surface area contributed by atoms with Crippen molar-refractivity contribution >= 4 is 53.0 Å². The van der Waals surface area contributed by atoms with Gasteiger partial charge in [0.2, 0.25) is 0 Å². The number of hydrogen-bond donors (Lipinski definition) is 1. The fourth-order valence-electron chi connectivity index (χ4n) is 2.83. The molecular formula is C19H15Cl2N3O4. The van der Waals surface area contributed by atoms with Gasteiger partial charge in [-0.15, -0.1) is 0 Å². The van der Waals surface area contributed by atoms with Gasteiger partial charge in [0.1, 0.15) is 12.3 Å². The van der Waals surface area contributed by atoms with Crippen molar-refractivity contribution < 1.29 is 19.2 Å². The molecule has 1 atom stereocenters. The predicted molar refractivity (Wildman–Crippen MR) is 104 cm³/mol. The summed E-state index contributed by atoms with van der Waals surface area (Å²) >= 11 is 12.0. The number of amides is 4. The fraction of sp³-hybridized carbons (Fsp3) is 0.158. The first-order valence-corrected chi connectivity index (χ1v) is 9.07. The molecule has 0 bridgehead atoms. The van der Waals surface area contributed by atoms with Gasteiger partial charge in [-0.05, 0) is 23.8 Å². The number of benzene rings is 2. The Hall–Kier alpha value is -2.90. The Morgan fingerprint density at radius 1 is 1.04 bits per heavy atom. The first kappa shape index (κ1) is 19.9. The number of carbonyl (C=O) groups excluding carboxylic acids is 4. The molecule has 1 unspecified atom stereocenters. The highest BCUT2D eigenvalue weighted by Gasteiger charge is 2.38. The Morgan fingerprint density at radius 2 is 1.75 bits per heavy atom. The van der Waals surface area contributed by atoms with E-state index < -0.39 is 23.9 Å². The minimum Gasteiger partial charge on any atom is -0.324 e. The Kier molecular flexibility index (Phi) is 5.96. The molecule has 0 aliphatic carbocycles. The van der Waals surface area contributed by atoms with Crippen molar-refractivity contribution in [2.75, 3.05) is 18.0 Å². The second-order valence-electron chi connectivity index (χ2n) is 5.98. The van der Waals surface area contributed by atoms with E-state index >= 15 is 0 Å². The minimum absolute atomic E-state index is 0.0459. The molecule has 2 aromatic rings. The molecule has 144 valence electrons. The second kappa shape index (κ2) is 8.41. The number of aldehydes is 1. The third kappa shape index (κ3) is 4.00. The molecule has 0 saturated carbocycles. The number of hydrogen-bond acceptors (Lipinski definition) is 4. The summed E-state index contributed by atoms with van der Waals surface area (Å²) in [6.07, 6.45) is 0.559. The van der Waals surface area contributed by atoms with Crippen LogP contribution in [-0.2, 0) is 14.4 Å². The highest BCUT2D eigenvalue weighted by molar-refractivity contribution is 6.44. The van der Waals surface area contributed by atoms with Crippen LogP contribution in [0.1, 0.15) is 11.6 Å². The summed E-state index contributed by atoms with van der Waals surface area (Å²) in [7, 11) is 0. The SMILES string of the molecule is O=CC(NC(=O)N1CCN(c2ccc(Cl)cc2Cl)C(=O)C1=O)c1ccccc1. The highest BCUT2D eigenvalue weighted by Crippen LogP contribution is 2.30. The van der Waals surface area contributed by atoms with E-state index in [9.17, 15) is 19.2 Å². The van der Waals surface area contributed by atoms with E-state index in [-0.39, 0.29) is 18.1 Å². The molecule has 7 nitrogen and oxygen atoms in total. The maximum Gasteiger partial charge on any atom is 0.325 e. The van der Waals surface area contributed by atoms with Crippen LogP contribution in [0.3, 0.4) is 0 Å². The quantitative estimate of drug-likeness (QED) is 0.609. The first-order chi connectivity index (χ1) is 13.4. The molecule has 28 heavy (non-hydrogen) atoms. The van der Waals surface area contributed by atoms with E-state index in [4.69, 9.17) is 23.2 Å². The molecule has 1 saturated heterocycles. The molecule has 1 fully saturated rings. The number of imide groups is 1. The Balaban J connectivity index is 1.73. The van der Waals surface area contributed by atoms with Crippen molar-refractivity contribution in [2.45, 2.75) is 6.04 Å². The van der Waals surface area contributed by atoms with Crippen LogP contribution in [0.2, 0.25) is 10.0 Å². The Bertz CT molecular complexity index is 936. The molecule has 1 N–H and O–H groups in total. The summed E-state index contributed by atoms with van der Waals surface area (Å²) in [5.74, 6) is -1.90. The number of halogens is 2. The zero-order valence-corrected chi connectivity index (χ0v) is 16.0. The lowest BCUT2D eigenvalue weighted by Crippen LogP contribution is -2.58. The molecular weight excluding hydrogens is 405 g/mol. The summed E-state index contributed by atoms with van der Waals surface area (Å²) in [4.78, 5) is 50.7. The molecule has 1 heterocycles. The summed E-state index contributed by atoms with van der Waals surface area (Å²) in [5, 5.41) is 3.07. The lowest BCUT2D eigenvalue weighted by molar-refractivity contribution is -0.144. The van der Waals surface area contributed by atoms with Crippen LogP contribution >= 0.6 is 23.2 Å². The molecule has 0 radical (unpaired) electrons. The zero-order valence-electron chi connectivity index (χ0n) is 14.5. The minimum atomic E-state index is -1.01. The van der Waals surface area contributed by atoms with Gasteiger partial charge in [-0.2, -0.15) is 0 Å².